The lowest BCUT2D eigenvalue weighted by molar-refractivity contribution is -0.117. The van der Waals surface area contributed by atoms with Gasteiger partial charge in [0, 0.05) is 10.7 Å². The number of amides is 1. The van der Waals surface area contributed by atoms with Crippen LogP contribution in [0.15, 0.2) is 77.7 Å². The van der Waals surface area contributed by atoms with Crippen molar-refractivity contribution in [2.24, 2.45) is 0 Å². The minimum Gasteiger partial charge on any atom is -0.324 e. The van der Waals surface area contributed by atoms with Crippen molar-refractivity contribution in [2.45, 2.75) is 37.6 Å². The van der Waals surface area contributed by atoms with Crippen LogP contribution in [0.2, 0.25) is 5.02 Å². The maximum Gasteiger partial charge on any atom is 0.242 e. The van der Waals surface area contributed by atoms with E-state index in [4.69, 9.17) is 11.6 Å². The largest absolute Gasteiger partial charge is 0.324 e. The molecule has 0 aliphatic rings. The summed E-state index contributed by atoms with van der Waals surface area (Å²) < 4.78 is 28.5. The summed E-state index contributed by atoms with van der Waals surface area (Å²) in [6, 6.07) is 20.0. The van der Waals surface area contributed by atoms with Gasteiger partial charge in [0.2, 0.25) is 15.9 Å². The van der Waals surface area contributed by atoms with Crippen molar-refractivity contribution in [3.63, 3.8) is 0 Å². The number of nitrogens with one attached hydrogen (secondary N) is 2. The van der Waals surface area contributed by atoms with E-state index in [0.29, 0.717) is 5.02 Å². The second-order valence-corrected chi connectivity index (χ2v) is 9.42. The van der Waals surface area contributed by atoms with E-state index in [2.05, 4.69) is 10.0 Å². The molecule has 5 nitrogen and oxygen atoms in total. The van der Waals surface area contributed by atoms with E-state index in [0.717, 1.165) is 28.8 Å². The van der Waals surface area contributed by atoms with Crippen LogP contribution >= 0.6 is 11.6 Å². The molecule has 0 saturated heterocycles. The number of aryl methyl sites for hydroxylation is 2. The summed E-state index contributed by atoms with van der Waals surface area (Å²) in [5, 5.41) is 3.38. The second kappa shape index (κ2) is 10.1. The van der Waals surface area contributed by atoms with Crippen molar-refractivity contribution in [1.82, 2.24) is 4.72 Å². The predicted octanol–water partition coefficient (Wildman–Crippen LogP) is 4.74. The van der Waals surface area contributed by atoms with Crippen LogP contribution in [0.4, 0.5) is 5.69 Å². The molecular weight excluding hydrogens is 432 g/mol. The van der Waals surface area contributed by atoms with E-state index >= 15 is 0 Å². The number of carbonyl (C=O) groups is 1. The average molecular weight is 457 g/mol. The van der Waals surface area contributed by atoms with Crippen LogP contribution in [-0.2, 0) is 27.7 Å². The lowest BCUT2D eigenvalue weighted by Gasteiger charge is -2.21. The standard InChI is InChI=1S/C24H25ClN2O3S/c1-3-19-11-7-8-17(2)23(19)26-24(28)22(16-18-9-5-4-6-10-18)27-31(29,30)21-14-12-20(25)13-15-21/h4-15,22,27H,3,16H2,1-2H3,(H,26,28)/t22-/m1/s1. The highest BCUT2D eigenvalue weighted by Gasteiger charge is 2.27. The summed E-state index contributed by atoms with van der Waals surface area (Å²) >= 11 is 5.88. The van der Waals surface area contributed by atoms with Gasteiger partial charge in [-0.25, -0.2) is 8.42 Å². The third-order valence-corrected chi connectivity index (χ3v) is 6.75. The lowest BCUT2D eigenvalue weighted by Crippen LogP contribution is -2.45. The summed E-state index contributed by atoms with van der Waals surface area (Å²) in [6.07, 6.45) is 0.962. The third-order valence-electron chi connectivity index (χ3n) is 5.01. The predicted molar refractivity (Wildman–Crippen MR) is 125 cm³/mol. The van der Waals surface area contributed by atoms with Gasteiger partial charge in [0.1, 0.15) is 6.04 Å². The maximum atomic E-state index is 13.2. The fourth-order valence-electron chi connectivity index (χ4n) is 3.32. The van der Waals surface area contributed by atoms with E-state index in [1.165, 1.54) is 24.3 Å². The molecule has 0 aromatic heterocycles. The van der Waals surface area contributed by atoms with Gasteiger partial charge in [-0.15, -0.1) is 0 Å². The van der Waals surface area contributed by atoms with Gasteiger partial charge in [-0.2, -0.15) is 4.72 Å². The van der Waals surface area contributed by atoms with E-state index in [9.17, 15) is 13.2 Å². The molecule has 2 N–H and O–H groups in total. The smallest absolute Gasteiger partial charge is 0.242 e. The number of hydrogen-bond acceptors (Lipinski definition) is 3. The zero-order chi connectivity index (χ0) is 22.4. The zero-order valence-corrected chi connectivity index (χ0v) is 19.0. The Bertz CT molecular complexity index is 1150. The first-order valence-electron chi connectivity index (χ1n) is 10.0. The summed E-state index contributed by atoms with van der Waals surface area (Å²) in [6.45, 7) is 3.92. The molecule has 0 aliphatic carbocycles. The van der Waals surface area contributed by atoms with Crippen molar-refractivity contribution in [3.8, 4) is 0 Å². The summed E-state index contributed by atoms with van der Waals surface area (Å²) in [5.41, 5.74) is 3.49. The topological polar surface area (TPSA) is 75.3 Å². The van der Waals surface area contributed by atoms with Gasteiger partial charge < -0.3 is 5.32 Å². The molecule has 0 heterocycles. The highest BCUT2D eigenvalue weighted by atomic mass is 35.5. The summed E-state index contributed by atoms with van der Waals surface area (Å²) in [4.78, 5) is 13.3. The number of anilines is 1. The number of carbonyl (C=O) groups excluding carboxylic acids is 1. The van der Waals surface area contributed by atoms with Gasteiger partial charge in [-0.3, -0.25) is 4.79 Å². The van der Waals surface area contributed by atoms with Gasteiger partial charge >= 0.3 is 0 Å². The highest BCUT2D eigenvalue weighted by molar-refractivity contribution is 7.89. The SMILES string of the molecule is CCc1cccc(C)c1NC(=O)[C@@H](Cc1ccccc1)NS(=O)(=O)c1ccc(Cl)cc1. The first-order valence-corrected chi connectivity index (χ1v) is 11.9. The van der Waals surface area contributed by atoms with E-state index in [-0.39, 0.29) is 11.3 Å². The second-order valence-electron chi connectivity index (χ2n) is 7.27. The number of benzene rings is 3. The van der Waals surface area contributed by atoms with Crippen molar-refractivity contribution < 1.29 is 13.2 Å². The maximum absolute atomic E-state index is 13.2. The Labute approximate surface area is 188 Å². The first kappa shape index (κ1) is 23.0. The quantitative estimate of drug-likeness (QED) is 0.514. The fourth-order valence-corrected chi connectivity index (χ4v) is 4.64. The molecule has 0 aliphatic heterocycles. The number of para-hydroxylation sites is 1. The molecule has 3 aromatic rings. The molecule has 31 heavy (non-hydrogen) atoms. The average Bonchev–Trinajstić information content (AvgIpc) is 2.75. The zero-order valence-electron chi connectivity index (χ0n) is 17.4. The molecule has 0 bridgehead atoms. The van der Waals surface area contributed by atoms with Gasteiger partial charge in [0.15, 0.2) is 0 Å². The Kier molecular flexibility index (Phi) is 7.49. The van der Waals surface area contributed by atoms with E-state index in [1.807, 2.05) is 62.4 Å². The minimum atomic E-state index is -3.93. The molecule has 0 fully saturated rings. The Hall–Kier alpha value is -2.67. The molecular formula is C24H25ClN2O3S. The van der Waals surface area contributed by atoms with Crippen LogP contribution in [0.1, 0.15) is 23.6 Å². The van der Waals surface area contributed by atoms with Crippen LogP contribution in [0.3, 0.4) is 0 Å². The number of sulfonamides is 1. The van der Waals surface area contributed by atoms with Gasteiger partial charge in [0.25, 0.3) is 0 Å². The van der Waals surface area contributed by atoms with E-state index in [1.54, 1.807) is 0 Å². The highest BCUT2D eigenvalue weighted by Crippen LogP contribution is 2.22. The summed E-state index contributed by atoms with van der Waals surface area (Å²) in [7, 11) is -3.93. The molecule has 3 rings (SSSR count). The lowest BCUT2D eigenvalue weighted by atomic mass is 10.0. The van der Waals surface area contributed by atoms with Crippen LogP contribution in [0, 0.1) is 6.92 Å². The van der Waals surface area contributed by atoms with Gasteiger partial charge in [-0.05, 0) is 60.7 Å². The Morgan fingerprint density at radius 3 is 2.29 bits per heavy atom. The van der Waals surface area contributed by atoms with Gasteiger partial charge in [-0.1, -0.05) is 67.1 Å². The van der Waals surface area contributed by atoms with Crippen LogP contribution < -0.4 is 10.0 Å². The number of rotatable bonds is 8. The molecule has 0 spiro atoms. The molecule has 1 atom stereocenters. The van der Waals surface area contributed by atoms with Crippen molar-refractivity contribution in [1.29, 1.82) is 0 Å². The first-order chi connectivity index (χ1) is 14.8. The third kappa shape index (κ3) is 5.94. The Morgan fingerprint density at radius 1 is 0.968 bits per heavy atom. The van der Waals surface area contributed by atoms with Crippen molar-refractivity contribution in [2.75, 3.05) is 5.32 Å². The van der Waals surface area contributed by atoms with Crippen LogP contribution in [0.25, 0.3) is 0 Å². The minimum absolute atomic E-state index is 0.0490. The molecule has 3 aromatic carbocycles. The monoisotopic (exact) mass is 456 g/mol. The van der Waals surface area contributed by atoms with Crippen molar-refractivity contribution in [3.05, 3.63) is 94.5 Å². The van der Waals surface area contributed by atoms with Crippen molar-refractivity contribution >= 4 is 33.2 Å². The Morgan fingerprint density at radius 2 is 1.65 bits per heavy atom. The number of halogens is 1. The molecule has 0 unspecified atom stereocenters. The normalized spacial score (nSPS) is 12.4. The van der Waals surface area contributed by atoms with Crippen LogP contribution in [0.5, 0.6) is 0 Å². The molecule has 1 amide bonds. The fraction of sp³-hybridized carbons (Fsp3) is 0.208. The molecule has 0 radical (unpaired) electrons. The Balaban J connectivity index is 1.91. The number of hydrogen-bond donors (Lipinski definition) is 2. The summed E-state index contributed by atoms with van der Waals surface area (Å²) in [5.74, 6) is -0.412. The molecule has 162 valence electrons. The molecule has 0 saturated carbocycles. The van der Waals surface area contributed by atoms with Gasteiger partial charge in [0.05, 0.1) is 4.90 Å². The van der Waals surface area contributed by atoms with Crippen LogP contribution in [-0.4, -0.2) is 20.4 Å². The molecule has 7 heteroatoms. The van der Waals surface area contributed by atoms with E-state index < -0.39 is 22.0 Å².